The Morgan fingerprint density at radius 3 is 2.66 bits per heavy atom. The first-order valence-electron chi connectivity index (χ1n) is 12.2. The lowest BCUT2D eigenvalue weighted by atomic mass is 9.81. The number of carbonyl (C=O) groups is 1. The van der Waals surface area contributed by atoms with Crippen molar-refractivity contribution in [2.24, 2.45) is 21.7 Å². The van der Waals surface area contributed by atoms with E-state index in [0.29, 0.717) is 23.9 Å². The van der Waals surface area contributed by atoms with Gasteiger partial charge in [-0.3, -0.25) is 4.79 Å². The molecule has 186 valence electrons. The molecule has 0 spiro atoms. The maximum absolute atomic E-state index is 13.4. The summed E-state index contributed by atoms with van der Waals surface area (Å²) in [7, 11) is 0. The van der Waals surface area contributed by atoms with Crippen molar-refractivity contribution in [3.8, 4) is 11.4 Å². The number of nitrogens with zero attached hydrogens (tertiary/aromatic N) is 4. The Labute approximate surface area is 204 Å². The minimum absolute atomic E-state index is 0.0110. The second kappa shape index (κ2) is 8.46. The summed E-state index contributed by atoms with van der Waals surface area (Å²) in [6.45, 7) is 5.90. The zero-order valence-corrected chi connectivity index (χ0v) is 20.1. The number of nitrogens with two attached hydrogens (primary N) is 1. The molecule has 1 heterocycles. The lowest BCUT2D eigenvalue weighted by Crippen LogP contribution is -2.40. The van der Waals surface area contributed by atoms with Crippen LogP contribution in [0.1, 0.15) is 70.6 Å². The van der Waals surface area contributed by atoms with Crippen LogP contribution in [-0.2, 0) is 10.2 Å². The van der Waals surface area contributed by atoms with Crippen LogP contribution in [-0.4, -0.2) is 33.6 Å². The van der Waals surface area contributed by atoms with Crippen molar-refractivity contribution < 1.29 is 18.9 Å². The molecule has 0 radical (unpaired) electrons. The number of hydrogen-bond acceptors (Lipinski definition) is 6. The van der Waals surface area contributed by atoms with E-state index in [1.54, 1.807) is 4.90 Å². The largest absolute Gasteiger partial charge is 0.409 e. The van der Waals surface area contributed by atoms with Crippen molar-refractivity contribution in [1.29, 1.82) is 0 Å². The summed E-state index contributed by atoms with van der Waals surface area (Å²) < 4.78 is 18.9. The van der Waals surface area contributed by atoms with E-state index in [2.05, 4.69) is 28.8 Å². The lowest BCUT2D eigenvalue weighted by Gasteiger charge is -2.34. The Morgan fingerprint density at radius 2 is 2.00 bits per heavy atom. The average molecular weight is 482 g/mol. The summed E-state index contributed by atoms with van der Waals surface area (Å²) in [5.74, 6) is 0.740. The van der Waals surface area contributed by atoms with Crippen LogP contribution in [0.25, 0.3) is 11.4 Å². The maximum atomic E-state index is 13.4. The Hall–Kier alpha value is -3.23. The van der Waals surface area contributed by atoms with Crippen LogP contribution >= 0.6 is 0 Å². The van der Waals surface area contributed by atoms with E-state index in [9.17, 15) is 14.4 Å². The van der Waals surface area contributed by atoms with Crippen molar-refractivity contribution in [2.75, 3.05) is 11.4 Å². The molecule has 5 rings (SSSR count). The highest BCUT2D eigenvalue weighted by Gasteiger charge is 2.57. The fourth-order valence-electron chi connectivity index (χ4n) is 5.83. The van der Waals surface area contributed by atoms with E-state index in [-0.39, 0.29) is 40.8 Å². The van der Waals surface area contributed by atoms with Crippen molar-refractivity contribution >= 4 is 17.4 Å². The molecule has 0 unspecified atom stereocenters. The SMILES string of the molecule is C=C(F)CCC(=O)N(CC12CCC(/C(N)=N/O)(CC1)C2)c1cccc(-c2noc(C3(C)CC3)n2)c1. The summed E-state index contributed by atoms with van der Waals surface area (Å²) in [6, 6.07) is 7.54. The minimum Gasteiger partial charge on any atom is -0.409 e. The fourth-order valence-corrected chi connectivity index (χ4v) is 5.83. The van der Waals surface area contributed by atoms with Gasteiger partial charge in [-0.15, -0.1) is 0 Å². The fraction of sp³-hybridized carbons (Fsp3) is 0.538. The summed E-state index contributed by atoms with van der Waals surface area (Å²) in [5.41, 5.74) is 7.06. The van der Waals surface area contributed by atoms with Gasteiger partial charge >= 0.3 is 0 Å². The third-order valence-corrected chi connectivity index (χ3v) is 8.40. The van der Waals surface area contributed by atoms with Crippen LogP contribution in [0.5, 0.6) is 0 Å². The van der Waals surface area contributed by atoms with Crippen LogP contribution in [0, 0.1) is 10.8 Å². The second-order valence-corrected chi connectivity index (χ2v) is 11.0. The normalized spacial score (nSPS) is 26.6. The average Bonchev–Trinajstić information content (AvgIpc) is 3.25. The Bertz CT molecular complexity index is 1180. The van der Waals surface area contributed by atoms with Crippen LogP contribution in [0.4, 0.5) is 10.1 Å². The number of allylic oxidation sites excluding steroid dienone is 1. The Kier molecular flexibility index (Phi) is 5.68. The number of anilines is 1. The number of carbonyl (C=O) groups excluding carboxylic acids is 1. The molecule has 3 fully saturated rings. The molecule has 0 saturated heterocycles. The number of fused-ring (bicyclic) bond motifs is 2. The molecular weight excluding hydrogens is 449 g/mol. The van der Waals surface area contributed by atoms with Gasteiger partial charge in [0.25, 0.3) is 0 Å². The number of benzene rings is 1. The van der Waals surface area contributed by atoms with E-state index in [1.807, 2.05) is 24.3 Å². The number of rotatable bonds is 9. The van der Waals surface area contributed by atoms with Crippen molar-refractivity contribution in [2.45, 2.75) is 70.1 Å². The topological polar surface area (TPSA) is 118 Å². The molecule has 1 aromatic heterocycles. The highest BCUT2D eigenvalue weighted by atomic mass is 19.1. The summed E-state index contributed by atoms with van der Waals surface area (Å²) in [6.07, 6.45) is 6.28. The first kappa shape index (κ1) is 23.5. The van der Waals surface area contributed by atoms with Crippen LogP contribution in [0.2, 0.25) is 0 Å². The number of oxime groups is 1. The van der Waals surface area contributed by atoms with Gasteiger partial charge in [-0.25, -0.2) is 4.39 Å². The monoisotopic (exact) mass is 481 g/mol. The first-order chi connectivity index (χ1) is 16.7. The van der Waals surface area contributed by atoms with E-state index < -0.39 is 5.83 Å². The van der Waals surface area contributed by atoms with E-state index in [4.69, 9.17) is 10.3 Å². The molecule has 2 bridgehead atoms. The standard InChI is InChI=1S/C26H32FN5O3/c1-17(27)6-7-20(33)32(16-25-10-12-26(15-25,13-11-25)22(28)30-34)19-5-3-4-18(14-19)21-29-23(35-31-21)24(2)8-9-24/h3-5,14,34H,1,6-13,15-16H2,2H3,(H2,28,30). The van der Waals surface area contributed by atoms with Crippen molar-refractivity contribution in [3.05, 3.63) is 42.6 Å². The minimum atomic E-state index is -0.509. The lowest BCUT2D eigenvalue weighted by molar-refractivity contribution is -0.119. The first-order valence-corrected chi connectivity index (χ1v) is 12.2. The highest BCUT2D eigenvalue weighted by Crippen LogP contribution is 2.62. The smallest absolute Gasteiger partial charge is 0.232 e. The van der Waals surface area contributed by atoms with Crippen LogP contribution < -0.4 is 10.6 Å². The third kappa shape index (κ3) is 4.32. The van der Waals surface area contributed by atoms with E-state index in [1.165, 1.54) is 0 Å². The number of amides is 1. The zero-order valence-electron chi connectivity index (χ0n) is 20.1. The third-order valence-electron chi connectivity index (χ3n) is 8.40. The molecule has 2 aromatic rings. The number of amidine groups is 1. The molecule has 3 aliphatic carbocycles. The summed E-state index contributed by atoms with van der Waals surface area (Å²) >= 11 is 0. The van der Waals surface area contributed by atoms with Gasteiger partial charge in [0.2, 0.25) is 17.6 Å². The molecule has 3 aliphatic rings. The molecule has 0 aliphatic heterocycles. The van der Waals surface area contributed by atoms with Gasteiger partial charge in [-0.05, 0) is 62.5 Å². The molecule has 35 heavy (non-hydrogen) atoms. The molecular formula is C26H32FN5O3. The van der Waals surface area contributed by atoms with Gasteiger partial charge in [-0.1, -0.05) is 35.9 Å². The molecule has 3 saturated carbocycles. The molecule has 1 amide bonds. The molecule has 1 aromatic carbocycles. The van der Waals surface area contributed by atoms with Crippen molar-refractivity contribution in [3.63, 3.8) is 0 Å². The molecule has 0 atom stereocenters. The number of hydrogen-bond donors (Lipinski definition) is 2. The van der Waals surface area contributed by atoms with Gasteiger partial charge < -0.3 is 20.4 Å². The van der Waals surface area contributed by atoms with Gasteiger partial charge in [0.05, 0.1) is 5.83 Å². The maximum Gasteiger partial charge on any atom is 0.232 e. The Morgan fingerprint density at radius 1 is 1.26 bits per heavy atom. The quantitative estimate of drug-likeness (QED) is 0.223. The summed E-state index contributed by atoms with van der Waals surface area (Å²) in [5, 5.41) is 16.8. The highest BCUT2D eigenvalue weighted by molar-refractivity contribution is 5.94. The van der Waals surface area contributed by atoms with Crippen LogP contribution in [0.3, 0.4) is 0 Å². The predicted octanol–water partition coefficient (Wildman–Crippen LogP) is 5.08. The molecule has 3 N–H and O–H groups in total. The molecule has 9 heteroatoms. The zero-order chi connectivity index (χ0) is 24.8. The van der Waals surface area contributed by atoms with E-state index >= 15 is 0 Å². The van der Waals surface area contributed by atoms with Crippen molar-refractivity contribution in [1.82, 2.24) is 10.1 Å². The predicted molar refractivity (Wildman–Crippen MR) is 130 cm³/mol. The second-order valence-electron chi connectivity index (χ2n) is 11.0. The molecule has 8 nitrogen and oxygen atoms in total. The van der Waals surface area contributed by atoms with Crippen LogP contribution in [0.15, 0.2) is 46.4 Å². The Balaban J connectivity index is 1.43. The van der Waals surface area contributed by atoms with Gasteiger partial charge in [0.15, 0.2) is 0 Å². The van der Waals surface area contributed by atoms with Gasteiger partial charge in [-0.2, -0.15) is 4.98 Å². The number of aromatic nitrogens is 2. The number of halogens is 1. The van der Waals surface area contributed by atoms with Gasteiger partial charge in [0, 0.05) is 41.5 Å². The van der Waals surface area contributed by atoms with Gasteiger partial charge in [0.1, 0.15) is 5.84 Å². The summed E-state index contributed by atoms with van der Waals surface area (Å²) in [4.78, 5) is 19.7. The van der Waals surface area contributed by atoms with E-state index in [0.717, 1.165) is 50.5 Å².